The van der Waals surface area contributed by atoms with Crippen molar-refractivity contribution in [1.29, 1.82) is 0 Å². The Morgan fingerprint density at radius 2 is 1.70 bits per heavy atom. The summed E-state index contributed by atoms with van der Waals surface area (Å²) >= 11 is 0. The van der Waals surface area contributed by atoms with Crippen LogP contribution in [-0.2, 0) is 26.2 Å². The van der Waals surface area contributed by atoms with E-state index in [0.717, 1.165) is 15.3 Å². The van der Waals surface area contributed by atoms with Gasteiger partial charge >= 0.3 is 0 Å². The largest absolute Gasteiger partial charge is 0.497 e. The Morgan fingerprint density at radius 3 is 2.28 bits per heavy atom. The van der Waals surface area contributed by atoms with Gasteiger partial charge in [0.05, 0.1) is 22.6 Å². The predicted molar refractivity (Wildman–Crippen MR) is 160 cm³/mol. The lowest BCUT2D eigenvalue weighted by molar-refractivity contribution is -0.385. The molecule has 11 nitrogen and oxygen atoms in total. The number of carbonyl (C=O) groups excluding carboxylic acids is 2. The smallest absolute Gasteiger partial charge is 0.273 e. The minimum Gasteiger partial charge on any atom is -0.497 e. The number of carbonyl (C=O) groups is 2. The van der Waals surface area contributed by atoms with Crippen molar-refractivity contribution in [3.05, 3.63) is 93.8 Å². The number of amides is 2. The van der Waals surface area contributed by atoms with E-state index in [9.17, 15) is 32.5 Å². The highest BCUT2D eigenvalue weighted by Gasteiger charge is 2.33. The molecule has 13 heteroatoms. The van der Waals surface area contributed by atoms with Crippen LogP contribution < -0.4 is 14.4 Å². The van der Waals surface area contributed by atoms with E-state index in [1.807, 2.05) is 13.8 Å². The molecule has 0 bridgehead atoms. The maximum absolute atomic E-state index is 14.7. The number of rotatable bonds is 13. The molecule has 3 rings (SSSR count). The van der Waals surface area contributed by atoms with E-state index in [0.29, 0.717) is 12.3 Å². The summed E-state index contributed by atoms with van der Waals surface area (Å²) in [4.78, 5) is 38.6. The van der Waals surface area contributed by atoms with Crippen LogP contribution in [0.1, 0.15) is 31.9 Å². The number of sulfonamides is 1. The minimum absolute atomic E-state index is 0.0696. The summed E-state index contributed by atoms with van der Waals surface area (Å²) in [5.74, 6) is -1.33. The molecule has 0 radical (unpaired) electrons. The number of anilines is 1. The fraction of sp³-hybridized carbons (Fsp3) is 0.333. The number of ether oxygens (including phenoxy) is 1. The molecular weight excluding hydrogens is 579 g/mol. The van der Waals surface area contributed by atoms with Crippen LogP contribution in [0.15, 0.2) is 71.6 Å². The van der Waals surface area contributed by atoms with Gasteiger partial charge in [-0.1, -0.05) is 38.1 Å². The number of nitro groups is 1. The first-order valence-corrected chi connectivity index (χ1v) is 14.9. The van der Waals surface area contributed by atoms with Crippen LogP contribution in [0.25, 0.3) is 0 Å². The fourth-order valence-electron chi connectivity index (χ4n) is 4.20. The quantitative estimate of drug-likeness (QED) is 0.222. The molecule has 43 heavy (non-hydrogen) atoms. The number of benzene rings is 3. The molecule has 0 aliphatic rings. The number of nitrogens with one attached hydrogen (secondary N) is 1. The molecule has 0 aliphatic carbocycles. The lowest BCUT2D eigenvalue weighted by atomic mass is 10.1. The standard InChI is InChI=1S/C30H35FN4O7S/c1-20(2)17-32-30(37)22(4)33(18-23-8-6-7-9-27(23)31)29(36)19-34(24-11-13-25(42-5)14-12-24)43(40,41)26-15-10-21(3)28(16-26)35(38)39/h6-16,20,22H,17-19H2,1-5H3,(H,32,37). The zero-order chi connectivity index (χ0) is 31.9. The maximum atomic E-state index is 14.7. The SMILES string of the molecule is COc1ccc(N(CC(=O)N(Cc2ccccc2F)C(C)C(=O)NCC(C)C)S(=O)(=O)c2ccc(C)c([N+](=O)[O-])c2)cc1. The summed E-state index contributed by atoms with van der Waals surface area (Å²) in [6.07, 6.45) is 0. The van der Waals surface area contributed by atoms with E-state index in [-0.39, 0.29) is 29.3 Å². The number of hydrogen-bond acceptors (Lipinski definition) is 7. The van der Waals surface area contributed by atoms with Gasteiger partial charge < -0.3 is 15.0 Å². The molecule has 230 valence electrons. The summed E-state index contributed by atoms with van der Waals surface area (Å²) in [6, 6.07) is 14.0. The normalized spacial score (nSPS) is 12.0. The molecule has 0 saturated heterocycles. The van der Waals surface area contributed by atoms with Gasteiger partial charge in [0.15, 0.2) is 0 Å². The topological polar surface area (TPSA) is 139 Å². The summed E-state index contributed by atoms with van der Waals surface area (Å²) < 4.78 is 48.6. The van der Waals surface area contributed by atoms with Gasteiger partial charge in [0, 0.05) is 30.3 Å². The van der Waals surface area contributed by atoms with Crippen molar-refractivity contribution >= 4 is 33.2 Å². The monoisotopic (exact) mass is 614 g/mol. The van der Waals surface area contributed by atoms with Crippen molar-refractivity contribution in [3.8, 4) is 5.75 Å². The Balaban J connectivity index is 2.09. The third-order valence-electron chi connectivity index (χ3n) is 6.75. The molecule has 2 amide bonds. The zero-order valence-electron chi connectivity index (χ0n) is 24.6. The average Bonchev–Trinajstić information content (AvgIpc) is 2.97. The molecular formula is C30H35FN4O7S. The van der Waals surface area contributed by atoms with Crippen LogP contribution in [0, 0.1) is 28.8 Å². The van der Waals surface area contributed by atoms with Gasteiger partial charge in [0.1, 0.15) is 24.2 Å². The number of aryl methyl sites for hydroxylation is 1. The number of methoxy groups -OCH3 is 1. The summed E-state index contributed by atoms with van der Waals surface area (Å²) in [6.45, 7) is 6.00. The highest BCUT2D eigenvalue weighted by molar-refractivity contribution is 7.92. The van der Waals surface area contributed by atoms with E-state index in [1.165, 1.54) is 75.6 Å². The van der Waals surface area contributed by atoms with Gasteiger partial charge in [0.25, 0.3) is 15.7 Å². The van der Waals surface area contributed by atoms with E-state index >= 15 is 0 Å². The summed E-state index contributed by atoms with van der Waals surface area (Å²) in [7, 11) is -3.12. The molecule has 3 aromatic rings. The molecule has 0 fully saturated rings. The molecule has 3 aromatic carbocycles. The number of nitrogens with zero attached hydrogens (tertiary/aromatic N) is 3. The molecule has 1 unspecified atom stereocenters. The number of halogens is 1. The number of hydrogen-bond donors (Lipinski definition) is 1. The Morgan fingerprint density at radius 1 is 1.05 bits per heavy atom. The van der Waals surface area contributed by atoms with Gasteiger partial charge in [0.2, 0.25) is 11.8 Å². The molecule has 0 saturated carbocycles. The molecule has 0 spiro atoms. The first-order valence-electron chi connectivity index (χ1n) is 13.5. The van der Waals surface area contributed by atoms with Gasteiger partial charge in [-0.15, -0.1) is 0 Å². The van der Waals surface area contributed by atoms with Crippen molar-refractivity contribution < 1.29 is 32.1 Å². The van der Waals surface area contributed by atoms with E-state index in [1.54, 1.807) is 6.07 Å². The van der Waals surface area contributed by atoms with Crippen LogP contribution in [-0.4, -0.2) is 56.3 Å². The Bertz CT molecular complexity index is 1580. The van der Waals surface area contributed by atoms with Crippen molar-refractivity contribution in [2.24, 2.45) is 5.92 Å². The van der Waals surface area contributed by atoms with E-state index < -0.39 is 55.7 Å². The number of nitro benzene ring substituents is 1. The second-order valence-electron chi connectivity index (χ2n) is 10.3. The van der Waals surface area contributed by atoms with Crippen molar-refractivity contribution in [2.45, 2.75) is 45.2 Å². The van der Waals surface area contributed by atoms with Crippen LogP contribution >= 0.6 is 0 Å². The highest BCUT2D eigenvalue weighted by Crippen LogP contribution is 2.29. The predicted octanol–water partition coefficient (Wildman–Crippen LogP) is 4.44. The van der Waals surface area contributed by atoms with Gasteiger partial charge in [-0.25, -0.2) is 12.8 Å². The van der Waals surface area contributed by atoms with Gasteiger partial charge in [-0.3, -0.25) is 24.0 Å². The second-order valence-corrected chi connectivity index (χ2v) is 12.2. The van der Waals surface area contributed by atoms with Crippen LogP contribution in [0.3, 0.4) is 0 Å². The average molecular weight is 615 g/mol. The van der Waals surface area contributed by atoms with Crippen molar-refractivity contribution in [2.75, 3.05) is 24.5 Å². The van der Waals surface area contributed by atoms with E-state index in [2.05, 4.69) is 5.32 Å². The van der Waals surface area contributed by atoms with Crippen molar-refractivity contribution in [1.82, 2.24) is 10.2 Å². The summed E-state index contributed by atoms with van der Waals surface area (Å²) in [5.41, 5.74) is 0.0551. The zero-order valence-corrected chi connectivity index (χ0v) is 25.4. The van der Waals surface area contributed by atoms with Gasteiger partial charge in [-0.2, -0.15) is 0 Å². The third-order valence-corrected chi connectivity index (χ3v) is 8.52. The Kier molecular flexibility index (Phi) is 10.8. The molecule has 1 atom stereocenters. The first-order chi connectivity index (χ1) is 20.3. The Labute approximate surface area is 250 Å². The van der Waals surface area contributed by atoms with Crippen LogP contribution in [0.4, 0.5) is 15.8 Å². The van der Waals surface area contributed by atoms with Crippen molar-refractivity contribution in [3.63, 3.8) is 0 Å². The Hall–Kier alpha value is -4.52. The van der Waals surface area contributed by atoms with Crippen LogP contribution in [0.2, 0.25) is 0 Å². The maximum Gasteiger partial charge on any atom is 0.273 e. The highest BCUT2D eigenvalue weighted by atomic mass is 32.2. The van der Waals surface area contributed by atoms with Crippen LogP contribution in [0.5, 0.6) is 5.75 Å². The molecule has 0 aromatic heterocycles. The lowest BCUT2D eigenvalue weighted by Gasteiger charge is -2.32. The molecule has 0 aliphatic heterocycles. The fourth-order valence-corrected chi connectivity index (χ4v) is 5.63. The first kappa shape index (κ1) is 33.0. The third kappa shape index (κ3) is 8.07. The molecule has 0 heterocycles. The summed E-state index contributed by atoms with van der Waals surface area (Å²) in [5, 5.41) is 14.3. The minimum atomic E-state index is -4.56. The molecule has 1 N–H and O–H groups in total. The second kappa shape index (κ2) is 14.1. The van der Waals surface area contributed by atoms with Gasteiger partial charge in [-0.05, 0) is 56.2 Å². The lowest BCUT2D eigenvalue weighted by Crippen LogP contribution is -2.51. The van der Waals surface area contributed by atoms with E-state index in [4.69, 9.17) is 4.74 Å².